The Morgan fingerprint density at radius 2 is 1.67 bits per heavy atom. The van der Waals surface area contributed by atoms with E-state index in [4.69, 9.17) is 9.97 Å². The molecule has 1 aromatic rings. The fraction of sp³-hybridized carbons (Fsp3) is 0.762. The molecule has 3 aliphatic rings. The van der Waals surface area contributed by atoms with E-state index in [1.54, 1.807) is 0 Å². The molecule has 1 amide bonds. The third-order valence-electron chi connectivity index (χ3n) is 6.75. The summed E-state index contributed by atoms with van der Waals surface area (Å²) in [6, 6.07) is 1.73. The maximum atomic E-state index is 11.9. The molecule has 0 radical (unpaired) electrons. The number of aromatic nitrogens is 2. The van der Waals surface area contributed by atoms with Gasteiger partial charge in [0, 0.05) is 63.1 Å². The van der Waals surface area contributed by atoms with Crippen LogP contribution in [0.2, 0.25) is 0 Å². The normalized spacial score (nSPS) is 26.8. The van der Waals surface area contributed by atoms with Crippen molar-refractivity contribution in [3.8, 4) is 0 Å². The Balaban J connectivity index is 1.40. The first-order valence-corrected chi connectivity index (χ1v) is 10.7. The Labute approximate surface area is 162 Å². The number of piperazine rings is 1. The Hall–Kier alpha value is -1.69. The van der Waals surface area contributed by atoms with E-state index >= 15 is 0 Å². The molecule has 0 aromatic carbocycles. The lowest BCUT2D eigenvalue weighted by Gasteiger charge is -2.42. The van der Waals surface area contributed by atoms with Crippen LogP contribution in [0.4, 0.5) is 5.95 Å². The molecule has 2 bridgehead atoms. The molecule has 0 aliphatic carbocycles. The molecule has 3 aliphatic heterocycles. The summed E-state index contributed by atoms with van der Waals surface area (Å²) in [5.74, 6) is 1.67. The van der Waals surface area contributed by atoms with Crippen LogP contribution < -0.4 is 4.90 Å². The molecule has 6 heteroatoms. The van der Waals surface area contributed by atoms with Crippen LogP contribution in [0.1, 0.15) is 64.4 Å². The van der Waals surface area contributed by atoms with Crippen molar-refractivity contribution in [2.24, 2.45) is 0 Å². The number of carbonyl (C=O) groups is 1. The summed E-state index contributed by atoms with van der Waals surface area (Å²) in [7, 11) is 0. The van der Waals surface area contributed by atoms with Crippen LogP contribution in [-0.4, -0.2) is 70.0 Å². The Morgan fingerprint density at radius 1 is 1.07 bits per heavy atom. The summed E-state index contributed by atoms with van der Waals surface area (Å²) in [6.07, 6.45) is 9.23. The topological polar surface area (TPSA) is 52.6 Å². The number of hydrogen-bond acceptors (Lipinski definition) is 5. The number of piperidine rings is 1. The minimum absolute atomic E-state index is 0.274. The van der Waals surface area contributed by atoms with E-state index in [2.05, 4.69) is 23.6 Å². The van der Waals surface area contributed by atoms with Crippen molar-refractivity contribution in [1.29, 1.82) is 0 Å². The number of rotatable bonds is 4. The zero-order valence-corrected chi connectivity index (χ0v) is 17.0. The molecule has 0 N–H and O–H groups in total. The average Bonchev–Trinajstić information content (AvgIpc) is 2.96. The first kappa shape index (κ1) is 18.7. The molecule has 4 heterocycles. The van der Waals surface area contributed by atoms with E-state index < -0.39 is 0 Å². The maximum Gasteiger partial charge on any atom is 0.225 e. The van der Waals surface area contributed by atoms with Gasteiger partial charge in [0.25, 0.3) is 0 Å². The third kappa shape index (κ3) is 3.68. The lowest BCUT2D eigenvalue weighted by molar-refractivity contribution is -0.131. The summed E-state index contributed by atoms with van der Waals surface area (Å²) >= 11 is 0. The third-order valence-corrected chi connectivity index (χ3v) is 6.75. The molecule has 3 saturated heterocycles. The second-order valence-electron chi connectivity index (χ2n) is 8.66. The fourth-order valence-electron chi connectivity index (χ4n) is 5.04. The number of carbonyl (C=O) groups excluding carboxylic acids is 1. The molecular formula is C21H33N5O. The van der Waals surface area contributed by atoms with Gasteiger partial charge in [-0.05, 0) is 51.0 Å². The van der Waals surface area contributed by atoms with Crippen LogP contribution in [0.25, 0.3) is 0 Å². The van der Waals surface area contributed by atoms with E-state index in [0.29, 0.717) is 30.5 Å². The van der Waals surface area contributed by atoms with E-state index in [9.17, 15) is 4.79 Å². The van der Waals surface area contributed by atoms with Gasteiger partial charge in [0.1, 0.15) is 0 Å². The summed E-state index contributed by atoms with van der Waals surface area (Å²) < 4.78 is 0. The standard InChI is InChI=1S/C21H33N5O/c1-4-20(27)24-9-7-16(8-10-24)17-11-22-21(23-12-17)26-18-5-6-19(26)14-25(13-18)15(2)3/h11-12,15-16,18-19H,4-10,13-14H2,1-3H3. The Kier molecular flexibility index (Phi) is 5.35. The molecule has 0 spiro atoms. The van der Waals surface area contributed by atoms with Crippen LogP contribution >= 0.6 is 0 Å². The minimum Gasteiger partial charge on any atom is -0.343 e. The second kappa shape index (κ2) is 7.74. The Bertz CT molecular complexity index is 639. The number of fused-ring (bicyclic) bond motifs is 2. The predicted octanol–water partition coefficient (Wildman–Crippen LogP) is 2.65. The van der Waals surface area contributed by atoms with Gasteiger partial charge in [0.05, 0.1) is 0 Å². The van der Waals surface area contributed by atoms with Gasteiger partial charge in [-0.15, -0.1) is 0 Å². The molecule has 6 nitrogen and oxygen atoms in total. The van der Waals surface area contributed by atoms with Crippen molar-refractivity contribution < 1.29 is 4.79 Å². The summed E-state index contributed by atoms with van der Waals surface area (Å²) in [5, 5.41) is 0. The smallest absolute Gasteiger partial charge is 0.225 e. The van der Waals surface area contributed by atoms with E-state index in [1.165, 1.54) is 18.4 Å². The predicted molar refractivity (Wildman–Crippen MR) is 107 cm³/mol. The van der Waals surface area contributed by atoms with E-state index in [0.717, 1.165) is 45.0 Å². The zero-order valence-electron chi connectivity index (χ0n) is 17.0. The van der Waals surface area contributed by atoms with Crippen molar-refractivity contribution in [2.75, 3.05) is 31.1 Å². The van der Waals surface area contributed by atoms with Gasteiger partial charge in [-0.1, -0.05) is 6.92 Å². The molecule has 27 heavy (non-hydrogen) atoms. The minimum atomic E-state index is 0.274. The Morgan fingerprint density at radius 3 is 2.19 bits per heavy atom. The van der Waals surface area contributed by atoms with Crippen LogP contribution in [0, 0.1) is 0 Å². The number of nitrogens with zero attached hydrogens (tertiary/aromatic N) is 5. The van der Waals surface area contributed by atoms with E-state index in [-0.39, 0.29) is 5.91 Å². The van der Waals surface area contributed by atoms with Gasteiger partial charge < -0.3 is 9.80 Å². The first-order valence-electron chi connectivity index (χ1n) is 10.7. The lowest BCUT2D eigenvalue weighted by atomic mass is 9.91. The van der Waals surface area contributed by atoms with Gasteiger partial charge in [0.15, 0.2) is 0 Å². The van der Waals surface area contributed by atoms with Gasteiger partial charge in [-0.2, -0.15) is 0 Å². The van der Waals surface area contributed by atoms with Gasteiger partial charge in [-0.25, -0.2) is 9.97 Å². The highest BCUT2D eigenvalue weighted by atomic mass is 16.2. The quantitative estimate of drug-likeness (QED) is 0.814. The molecule has 0 saturated carbocycles. The van der Waals surface area contributed by atoms with Gasteiger partial charge >= 0.3 is 0 Å². The van der Waals surface area contributed by atoms with Crippen LogP contribution in [0.15, 0.2) is 12.4 Å². The van der Waals surface area contributed by atoms with Gasteiger partial charge in [0.2, 0.25) is 11.9 Å². The summed E-state index contributed by atoms with van der Waals surface area (Å²) in [6.45, 7) is 10.5. The van der Waals surface area contributed by atoms with Crippen molar-refractivity contribution in [2.45, 2.75) is 76.9 Å². The second-order valence-corrected chi connectivity index (χ2v) is 8.66. The van der Waals surface area contributed by atoms with Crippen molar-refractivity contribution >= 4 is 11.9 Å². The number of amides is 1. The summed E-state index contributed by atoms with van der Waals surface area (Å²) in [4.78, 5) is 28.5. The molecule has 2 unspecified atom stereocenters. The first-order chi connectivity index (χ1) is 13.1. The van der Waals surface area contributed by atoms with Crippen LogP contribution in [0.5, 0.6) is 0 Å². The molecular weight excluding hydrogens is 338 g/mol. The van der Waals surface area contributed by atoms with Gasteiger partial charge in [-0.3, -0.25) is 9.69 Å². The van der Waals surface area contributed by atoms with E-state index in [1.807, 2.05) is 24.2 Å². The highest BCUT2D eigenvalue weighted by Crippen LogP contribution is 2.34. The monoisotopic (exact) mass is 371 g/mol. The zero-order chi connectivity index (χ0) is 19.0. The van der Waals surface area contributed by atoms with Crippen LogP contribution in [0.3, 0.4) is 0 Å². The van der Waals surface area contributed by atoms with Crippen LogP contribution in [-0.2, 0) is 4.79 Å². The number of likely N-dealkylation sites (tertiary alicyclic amines) is 2. The molecule has 2 atom stereocenters. The highest BCUT2D eigenvalue weighted by Gasteiger charge is 2.41. The SMILES string of the molecule is CCC(=O)N1CCC(c2cnc(N3C4CCC3CN(C(C)C)C4)nc2)CC1. The molecule has 4 rings (SSSR count). The van der Waals surface area contributed by atoms with Crippen molar-refractivity contribution in [1.82, 2.24) is 19.8 Å². The largest absolute Gasteiger partial charge is 0.343 e. The highest BCUT2D eigenvalue weighted by molar-refractivity contribution is 5.75. The fourth-order valence-corrected chi connectivity index (χ4v) is 5.04. The molecule has 3 fully saturated rings. The summed E-state index contributed by atoms with van der Waals surface area (Å²) in [5.41, 5.74) is 1.23. The maximum absolute atomic E-state index is 11.9. The lowest BCUT2D eigenvalue weighted by Crippen LogP contribution is -2.56. The molecule has 1 aromatic heterocycles. The van der Waals surface area contributed by atoms with Crippen molar-refractivity contribution in [3.05, 3.63) is 18.0 Å². The number of anilines is 1. The van der Waals surface area contributed by atoms with Crippen molar-refractivity contribution in [3.63, 3.8) is 0 Å². The molecule has 148 valence electrons. The average molecular weight is 372 g/mol. The number of hydrogen-bond donors (Lipinski definition) is 0.